The second kappa shape index (κ2) is 7.89. The molecule has 2 radical (unpaired) electrons. The molecule has 3 nitrogen and oxygen atoms in total. The molecule has 0 unspecified atom stereocenters. The number of carbonyl (C=O) groups excluding carboxylic acids is 2. The maximum absolute atomic E-state index is 13.2. The van der Waals surface area contributed by atoms with E-state index in [2.05, 4.69) is 65.6 Å². The minimum absolute atomic E-state index is 0.0340. The van der Waals surface area contributed by atoms with Gasteiger partial charge in [-0.15, -0.1) is 0 Å². The molecule has 0 spiro atoms. The summed E-state index contributed by atoms with van der Waals surface area (Å²) in [5.41, 5.74) is 3.73. The molecule has 35 heavy (non-hydrogen) atoms. The van der Waals surface area contributed by atoms with Crippen molar-refractivity contribution in [2.45, 2.75) is 0 Å². The number of hydrogen-bond donors (Lipinski definition) is 0. The average Bonchev–Trinajstić information content (AvgIpc) is 3.44. The van der Waals surface area contributed by atoms with Crippen molar-refractivity contribution in [3.63, 3.8) is 0 Å². The standard InChI is InChI=1S/C30H17NO2SeSi/c32-29-21-15-18-7-1-2-8-19(18)16-22(21)30(33)23(29)17-20-13-14-28(34-20)31-24-9-3-5-11-26(24)35-27-12-6-4-10-25(27)31/h1-17H. The first-order valence-electron chi connectivity index (χ1n) is 11.4. The van der Waals surface area contributed by atoms with Crippen molar-refractivity contribution in [1.29, 1.82) is 0 Å². The van der Waals surface area contributed by atoms with Crippen molar-refractivity contribution >= 4 is 78.7 Å². The van der Waals surface area contributed by atoms with Gasteiger partial charge in [0.1, 0.15) is 0 Å². The first kappa shape index (κ1) is 20.6. The summed E-state index contributed by atoms with van der Waals surface area (Å²) in [4.78, 5) is 28.8. The van der Waals surface area contributed by atoms with Crippen molar-refractivity contribution in [2.24, 2.45) is 0 Å². The van der Waals surface area contributed by atoms with Crippen molar-refractivity contribution in [1.82, 2.24) is 0 Å². The number of rotatable bonds is 2. The first-order valence-corrected chi connectivity index (χ1v) is 14.1. The average molecular weight is 531 g/mol. The number of para-hydroxylation sites is 2. The number of Topliss-reactive ketones (excluding diaryl/α,β-unsaturated/α-hetero) is 2. The van der Waals surface area contributed by atoms with Crippen molar-refractivity contribution in [3.8, 4) is 0 Å². The van der Waals surface area contributed by atoms with Gasteiger partial charge in [-0.1, -0.05) is 0 Å². The van der Waals surface area contributed by atoms with Gasteiger partial charge in [0.05, 0.1) is 0 Å². The van der Waals surface area contributed by atoms with Crippen LogP contribution in [0.1, 0.15) is 25.2 Å². The van der Waals surface area contributed by atoms with Gasteiger partial charge in [-0.25, -0.2) is 0 Å². The van der Waals surface area contributed by atoms with Crippen LogP contribution >= 0.6 is 0 Å². The number of allylic oxidation sites excluding steroid dienone is 1. The zero-order chi connectivity index (χ0) is 23.5. The Hall–Kier alpha value is -3.76. The number of nitrogens with zero attached hydrogens (tertiary/aromatic N) is 1. The minimum atomic E-state index is -0.171. The van der Waals surface area contributed by atoms with E-state index in [9.17, 15) is 9.59 Å². The van der Waals surface area contributed by atoms with Gasteiger partial charge in [0.25, 0.3) is 0 Å². The molecule has 5 heteroatoms. The van der Waals surface area contributed by atoms with Crippen LogP contribution < -0.4 is 15.3 Å². The van der Waals surface area contributed by atoms with Crippen LogP contribution in [0.5, 0.6) is 0 Å². The molecule has 0 bridgehead atoms. The van der Waals surface area contributed by atoms with Crippen LogP contribution in [0.25, 0.3) is 16.8 Å². The predicted octanol–water partition coefficient (Wildman–Crippen LogP) is 4.80. The Morgan fingerprint density at radius 1 is 0.657 bits per heavy atom. The summed E-state index contributed by atoms with van der Waals surface area (Å²) in [5, 5.41) is 4.62. The van der Waals surface area contributed by atoms with Crippen molar-refractivity contribution in [3.05, 3.63) is 118 Å². The van der Waals surface area contributed by atoms with E-state index in [-0.39, 0.29) is 31.6 Å². The number of anilines is 3. The summed E-state index contributed by atoms with van der Waals surface area (Å²) in [7, 11) is 0.631. The molecular formula is C30H17NO2SeSi. The van der Waals surface area contributed by atoms with E-state index in [0.29, 0.717) is 20.6 Å². The molecule has 1 aliphatic carbocycles. The van der Waals surface area contributed by atoms with Gasteiger partial charge >= 0.3 is 211 Å². The van der Waals surface area contributed by atoms with Crippen LogP contribution in [-0.4, -0.2) is 35.6 Å². The van der Waals surface area contributed by atoms with Crippen molar-refractivity contribution in [2.75, 3.05) is 4.90 Å². The SMILES string of the molecule is O=C1C(=Cc2ccc(N3c4ccccc4[Si]c4ccccc43)[se]2)C(=O)c2cc3ccccc3cc21. The van der Waals surface area contributed by atoms with E-state index >= 15 is 0 Å². The van der Waals surface area contributed by atoms with E-state index in [0.717, 1.165) is 15.2 Å². The van der Waals surface area contributed by atoms with Gasteiger partial charge in [0.2, 0.25) is 0 Å². The molecule has 7 rings (SSSR count). The molecule has 0 saturated heterocycles. The Balaban J connectivity index is 1.30. The molecule has 0 saturated carbocycles. The van der Waals surface area contributed by atoms with Crippen LogP contribution in [0.4, 0.5) is 15.9 Å². The van der Waals surface area contributed by atoms with Crippen LogP contribution in [0.3, 0.4) is 0 Å². The Bertz CT molecular complexity index is 1630. The number of benzene rings is 4. The zero-order valence-electron chi connectivity index (χ0n) is 18.5. The van der Waals surface area contributed by atoms with Gasteiger partial charge < -0.3 is 0 Å². The Morgan fingerprint density at radius 3 is 1.80 bits per heavy atom. The van der Waals surface area contributed by atoms with E-state index in [1.807, 2.05) is 42.5 Å². The van der Waals surface area contributed by atoms with E-state index < -0.39 is 0 Å². The molecule has 1 aliphatic heterocycles. The van der Waals surface area contributed by atoms with Gasteiger partial charge in [-0.3, -0.25) is 0 Å². The molecule has 164 valence electrons. The number of ketones is 2. The fourth-order valence-corrected chi connectivity index (χ4v) is 8.23. The fourth-order valence-electron chi connectivity index (χ4n) is 4.88. The Kier molecular flexibility index (Phi) is 4.64. The monoisotopic (exact) mass is 531 g/mol. The molecule has 0 atom stereocenters. The summed E-state index contributed by atoms with van der Waals surface area (Å²) in [6, 6.07) is 32.9. The topological polar surface area (TPSA) is 37.4 Å². The third-order valence-electron chi connectivity index (χ3n) is 6.54. The Labute approximate surface area is 210 Å². The summed E-state index contributed by atoms with van der Waals surface area (Å²) in [6.45, 7) is 0. The predicted molar refractivity (Wildman–Crippen MR) is 144 cm³/mol. The Morgan fingerprint density at radius 2 is 1.20 bits per heavy atom. The maximum atomic E-state index is 13.2. The van der Waals surface area contributed by atoms with Gasteiger partial charge in [0, 0.05) is 0 Å². The quantitative estimate of drug-likeness (QED) is 0.184. The van der Waals surface area contributed by atoms with Crippen LogP contribution in [0.2, 0.25) is 0 Å². The van der Waals surface area contributed by atoms with Crippen LogP contribution in [-0.2, 0) is 0 Å². The summed E-state index contributed by atoms with van der Waals surface area (Å²) >= 11 is -0.0340. The summed E-state index contributed by atoms with van der Waals surface area (Å²) in [6.07, 6.45) is 1.82. The fraction of sp³-hybridized carbons (Fsp3) is 0. The molecule has 2 heterocycles. The van der Waals surface area contributed by atoms with Gasteiger partial charge in [-0.05, 0) is 0 Å². The number of fused-ring (bicyclic) bond motifs is 4. The van der Waals surface area contributed by atoms with Gasteiger partial charge in [-0.2, -0.15) is 0 Å². The summed E-state index contributed by atoms with van der Waals surface area (Å²) < 4.78 is 2.24. The molecular weight excluding hydrogens is 513 g/mol. The zero-order valence-corrected chi connectivity index (χ0v) is 21.2. The number of hydrogen-bond acceptors (Lipinski definition) is 3. The van der Waals surface area contributed by atoms with E-state index in [1.165, 1.54) is 26.3 Å². The third kappa shape index (κ3) is 3.24. The third-order valence-corrected chi connectivity index (χ3v) is 10.1. The van der Waals surface area contributed by atoms with Gasteiger partial charge in [0.15, 0.2) is 0 Å². The van der Waals surface area contributed by atoms with Crippen LogP contribution in [0.15, 0.2) is 103 Å². The molecule has 0 N–H and O–H groups in total. The van der Waals surface area contributed by atoms with Crippen molar-refractivity contribution < 1.29 is 9.59 Å². The van der Waals surface area contributed by atoms with E-state index in [1.54, 1.807) is 0 Å². The molecule has 1 aromatic heterocycles. The molecule has 0 fully saturated rings. The second-order valence-corrected chi connectivity index (χ2v) is 12.3. The summed E-state index contributed by atoms with van der Waals surface area (Å²) in [5.74, 6) is -0.341. The normalized spacial score (nSPS) is 14.2. The van der Waals surface area contributed by atoms with E-state index in [4.69, 9.17) is 0 Å². The molecule has 5 aromatic rings. The number of carbonyl (C=O) groups is 2. The first-order chi connectivity index (χ1) is 17.2. The molecule has 2 aliphatic rings. The van der Waals surface area contributed by atoms with Crippen LogP contribution in [0, 0.1) is 0 Å². The molecule has 0 amide bonds. The molecule has 4 aromatic carbocycles. The second-order valence-electron chi connectivity index (χ2n) is 8.63.